The zero-order valence-electron chi connectivity index (χ0n) is 14.3. The molecule has 0 fully saturated rings. The number of carbonyl (C=O) groups is 2. The predicted octanol–water partition coefficient (Wildman–Crippen LogP) is 4.40. The molecule has 0 heterocycles. The smallest absolute Gasteiger partial charge is 0.410 e. The van der Waals surface area contributed by atoms with Gasteiger partial charge in [-0.05, 0) is 42.3 Å². The highest BCUT2D eigenvalue weighted by atomic mass is 35.5. The molecule has 0 unspecified atom stereocenters. The second-order valence-corrected chi connectivity index (χ2v) is 6.29. The molecular formula is C19H18Cl2N2O4. The molecule has 27 heavy (non-hydrogen) atoms. The molecule has 2 rings (SSSR count). The molecule has 0 saturated carbocycles. The fourth-order valence-electron chi connectivity index (χ4n) is 2.04. The van der Waals surface area contributed by atoms with Crippen LogP contribution >= 0.6 is 23.2 Å². The third-order valence-corrected chi connectivity index (χ3v) is 3.95. The van der Waals surface area contributed by atoms with E-state index in [0.717, 1.165) is 0 Å². The molecule has 0 aliphatic rings. The van der Waals surface area contributed by atoms with Gasteiger partial charge in [-0.25, -0.2) is 9.86 Å². The van der Waals surface area contributed by atoms with Crippen molar-refractivity contribution in [2.45, 2.75) is 6.42 Å². The van der Waals surface area contributed by atoms with Crippen LogP contribution in [-0.2, 0) is 4.79 Å². The molecule has 142 valence electrons. The van der Waals surface area contributed by atoms with Crippen molar-refractivity contribution in [1.82, 2.24) is 10.4 Å². The lowest BCUT2D eigenvalue weighted by Crippen LogP contribution is -2.32. The molecule has 2 aromatic carbocycles. The maximum Gasteiger partial charge on any atom is 0.412 e. The van der Waals surface area contributed by atoms with Gasteiger partial charge in [-0.2, -0.15) is 0 Å². The van der Waals surface area contributed by atoms with E-state index in [4.69, 9.17) is 27.9 Å². The van der Waals surface area contributed by atoms with Crippen molar-refractivity contribution in [3.8, 4) is 5.75 Å². The number of benzene rings is 2. The van der Waals surface area contributed by atoms with E-state index in [1.54, 1.807) is 42.5 Å². The minimum atomic E-state index is -0.604. The number of nitrogens with zero attached hydrogens (tertiary/aromatic N) is 1. The van der Waals surface area contributed by atoms with Gasteiger partial charge in [-0.3, -0.25) is 10.0 Å². The summed E-state index contributed by atoms with van der Waals surface area (Å²) < 4.78 is 5.05. The number of hydroxylamine groups is 2. The number of amides is 2. The molecular weight excluding hydrogens is 391 g/mol. The molecule has 6 nitrogen and oxygen atoms in total. The molecule has 0 aliphatic carbocycles. The summed E-state index contributed by atoms with van der Waals surface area (Å²) in [6.45, 7) is 0.284. The topological polar surface area (TPSA) is 78.9 Å². The van der Waals surface area contributed by atoms with Crippen LogP contribution in [0.4, 0.5) is 4.79 Å². The normalized spacial score (nSPS) is 10.6. The molecule has 8 heteroatoms. The summed E-state index contributed by atoms with van der Waals surface area (Å²) >= 11 is 11.8. The molecule has 0 aliphatic heterocycles. The van der Waals surface area contributed by atoms with Gasteiger partial charge in [0.2, 0.25) is 0 Å². The highest BCUT2D eigenvalue weighted by Crippen LogP contribution is 2.22. The fourth-order valence-corrected chi connectivity index (χ4v) is 2.52. The Hall–Kier alpha value is -2.54. The van der Waals surface area contributed by atoms with Crippen molar-refractivity contribution in [3.63, 3.8) is 0 Å². The average molecular weight is 409 g/mol. The molecule has 0 saturated heterocycles. The van der Waals surface area contributed by atoms with Gasteiger partial charge in [0, 0.05) is 22.7 Å². The Bertz CT molecular complexity index is 813. The van der Waals surface area contributed by atoms with Crippen LogP contribution in [0.3, 0.4) is 0 Å². The Labute approximate surface area is 166 Å². The van der Waals surface area contributed by atoms with E-state index in [0.29, 0.717) is 32.8 Å². The van der Waals surface area contributed by atoms with E-state index >= 15 is 0 Å². The number of halogens is 2. The number of para-hydroxylation sites is 1. The van der Waals surface area contributed by atoms with Crippen molar-refractivity contribution >= 4 is 41.3 Å². The van der Waals surface area contributed by atoms with E-state index in [2.05, 4.69) is 5.32 Å². The van der Waals surface area contributed by atoms with Gasteiger partial charge in [0.15, 0.2) is 0 Å². The molecule has 0 bridgehead atoms. The minimum absolute atomic E-state index is 0.0448. The zero-order chi connectivity index (χ0) is 19.6. The summed E-state index contributed by atoms with van der Waals surface area (Å²) in [6.07, 6.45) is 2.43. The Balaban J connectivity index is 1.70. The molecule has 2 aromatic rings. The predicted molar refractivity (Wildman–Crippen MR) is 104 cm³/mol. The monoisotopic (exact) mass is 408 g/mol. The lowest BCUT2D eigenvalue weighted by atomic mass is 10.2. The number of ether oxygens (including phenoxy) is 1. The molecule has 2 N–H and O–H groups in total. The number of hydrogen-bond acceptors (Lipinski definition) is 4. The second kappa shape index (κ2) is 10.6. The van der Waals surface area contributed by atoms with Crippen molar-refractivity contribution in [2.75, 3.05) is 13.1 Å². The van der Waals surface area contributed by atoms with Crippen molar-refractivity contribution in [3.05, 3.63) is 70.2 Å². The summed E-state index contributed by atoms with van der Waals surface area (Å²) in [5.41, 5.74) is 0.605. The summed E-state index contributed by atoms with van der Waals surface area (Å²) in [4.78, 5) is 23.5. The first kappa shape index (κ1) is 20.8. The van der Waals surface area contributed by atoms with Crippen LogP contribution in [-0.4, -0.2) is 35.4 Å². The average Bonchev–Trinajstić information content (AvgIpc) is 2.65. The quantitative estimate of drug-likeness (QED) is 0.308. The van der Waals surface area contributed by atoms with Gasteiger partial charge in [0.05, 0.1) is 6.54 Å². The first-order chi connectivity index (χ1) is 13.0. The van der Waals surface area contributed by atoms with Gasteiger partial charge < -0.3 is 10.1 Å². The standard InChI is InChI=1S/C19H18Cl2N2O4/c20-15-9-7-14(17(21)13-15)8-10-18(24)23(26)12-4-11-22-19(25)27-16-5-2-1-3-6-16/h1-3,5-10,13,26H,4,11-12H2,(H,22,25)/b10-8+. The summed E-state index contributed by atoms with van der Waals surface area (Å²) in [7, 11) is 0. The van der Waals surface area contributed by atoms with E-state index in [1.807, 2.05) is 6.07 Å². The molecule has 0 aromatic heterocycles. The van der Waals surface area contributed by atoms with Crippen LogP contribution in [0.1, 0.15) is 12.0 Å². The number of rotatable bonds is 7. The first-order valence-electron chi connectivity index (χ1n) is 8.10. The van der Waals surface area contributed by atoms with Gasteiger partial charge in [0.25, 0.3) is 5.91 Å². The largest absolute Gasteiger partial charge is 0.412 e. The van der Waals surface area contributed by atoms with Crippen molar-refractivity contribution in [2.24, 2.45) is 0 Å². The SMILES string of the molecule is O=C(NCCCN(O)C(=O)/C=C/c1ccc(Cl)cc1Cl)Oc1ccccc1. The van der Waals surface area contributed by atoms with Crippen molar-refractivity contribution < 1.29 is 19.5 Å². The van der Waals surface area contributed by atoms with E-state index in [1.165, 1.54) is 12.2 Å². The van der Waals surface area contributed by atoms with Gasteiger partial charge >= 0.3 is 6.09 Å². The summed E-state index contributed by atoms with van der Waals surface area (Å²) in [5, 5.41) is 13.7. The van der Waals surface area contributed by atoms with Crippen LogP contribution in [0.15, 0.2) is 54.6 Å². The molecule has 0 radical (unpaired) electrons. The van der Waals surface area contributed by atoms with Crippen LogP contribution in [0.25, 0.3) is 6.08 Å². The molecule has 0 atom stereocenters. The van der Waals surface area contributed by atoms with Gasteiger partial charge in [-0.15, -0.1) is 0 Å². The third-order valence-electron chi connectivity index (χ3n) is 3.39. The third kappa shape index (κ3) is 7.30. The number of carbonyl (C=O) groups excluding carboxylic acids is 2. The first-order valence-corrected chi connectivity index (χ1v) is 8.85. The number of hydrogen-bond donors (Lipinski definition) is 2. The highest BCUT2D eigenvalue weighted by molar-refractivity contribution is 6.35. The Morgan fingerprint density at radius 3 is 2.59 bits per heavy atom. The van der Waals surface area contributed by atoms with Crippen LogP contribution in [0, 0.1) is 0 Å². The lowest BCUT2D eigenvalue weighted by molar-refractivity contribution is -0.159. The minimum Gasteiger partial charge on any atom is -0.410 e. The Kier molecular flexibility index (Phi) is 8.13. The molecule has 2 amide bonds. The number of nitrogens with one attached hydrogen (secondary N) is 1. The fraction of sp³-hybridized carbons (Fsp3) is 0.158. The van der Waals surface area contributed by atoms with Crippen LogP contribution in [0.2, 0.25) is 10.0 Å². The Morgan fingerprint density at radius 1 is 1.15 bits per heavy atom. The van der Waals surface area contributed by atoms with Crippen molar-refractivity contribution in [1.29, 1.82) is 0 Å². The Morgan fingerprint density at radius 2 is 1.89 bits per heavy atom. The van der Waals surface area contributed by atoms with E-state index in [9.17, 15) is 14.8 Å². The summed E-state index contributed by atoms with van der Waals surface area (Å²) in [5.74, 6) is -0.173. The highest BCUT2D eigenvalue weighted by Gasteiger charge is 2.08. The van der Waals surface area contributed by atoms with Crippen LogP contribution in [0.5, 0.6) is 5.75 Å². The maximum absolute atomic E-state index is 11.9. The van der Waals surface area contributed by atoms with E-state index in [-0.39, 0.29) is 13.1 Å². The van der Waals surface area contributed by atoms with Crippen LogP contribution < -0.4 is 10.1 Å². The van der Waals surface area contributed by atoms with Gasteiger partial charge in [-0.1, -0.05) is 47.5 Å². The maximum atomic E-state index is 11.9. The summed E-state index contributed by atoms with van der Waals surface area (Å²) in [6, 6.07) is 13.5. The van der Waals surface area contributed by atoms with Gasteiger partial charge in [0.1, 0.15) is 5.75 Å². The zero-order valence-corrected chi connectivity index (χ0v) is 15.8. The lowest BCUT2D eigenvalue weighted by Gasteiger charge is -2.13. The van der Waals surface area contributed by atoms with E-state index < -0.39 is 12.0 Å². The molecule has 0 spiro atoms. The second-order valence-electron chi connectivity index (χ2n) is 5.44.